The molecule has 2 amide bonds. The summed E-state index contributed by atoms with van der Waals surface area (Å²) in [5, 5.41) is 0. The average molecular weight is 302 g/mol. The highest BCUT2D eigenvalue weighted by Crippen LogP contribution is 2.44. The van der Waals surface area contributed by atoms with Gasteiger partial charge in [-0.1, -0.05) is 0 Å². The van der Waals surface area contributed by atoms with Crippen molar-refractivity contribution in [3.63, 3.8) is 0 Å². The number of hydrogen-bond donors (Lipinski definition) is 0. The standard InChI is InChI=1S/C12H18N2O3S2/c1-12-8-18-7-10(15)14(12)9(6-19-12)11(16)13-2-4-17-5-3-13/h9H,2-8H2,1H3/t9-,12+/m1/s1. The molecule has 19 heavy (non-hydrogen) atoms. The normalized spacial score (nSPS) is 35.4. The molecule has 7 heteroatoms. The number of fused-ring (bicyclic) bond motifs is 1. The lowest BCUT2D eigenvalue weighted by molar-refractivity contribution is -0.147. The molecule has 0 radical (unpaired) electrons. The molecular formula is C12H18N2O3S2. The highest BCUT2D eigenvalue weighted by Gasteiger charge is 2.51. The van der Waals surface area contributed by atoms with E-state index in [1.165, 1.54) is 0 Å². The summed E-state index contributed by atoms with van der Waals surface area (Å²) in [5.41, 5.74) is 0. The molecule has 3 rings (SSSR count). The molecule has 3 saturated heterocycles. The molecule has 0 aromatic rings. The Balaban J connectivity index is 1.77. The average Bonchev–Trinajstić information content (AvgIpc) is 2.78. The minimum absolute atomic E-state index is 0.0970. The van der Waals surface area contributed by atoms with E-state index in [9.17, 15) is 9.59 Å². The Bertz CT molecular complexity index is 400. The maximum absolute atomic E-state index is 12.6. The van der Waals surface area contributed by atoms with E-state index in [0.717, 1.165) is 11.5 Å². The second-order valence-electron chi connectivity index (χ2n) is 5.20. The van der Waals surface area contributed by atoms with Crippen molar-refractivity contribution < 1.29 is 14.3 Å². The van der Waals surface area contributed by atoms with Gasteiger partial charge in [0.15, 0.2) is 0 Å². The number of ether oxygens (including phenoxy) is 1. The fourth-order valence-electron chi connectivity index (χ4n) is 2.85. The van der Waals surface area contributed by atoms with Gasteiger partial charge in [-0.2, -0.15) is 0 Å². The van der Waals surface area contributed by atoms with Gasteiger partial charge in [-0.25, -0.2) is 0 Å². The zero-order valence-electron chi connectivity index (χ0n) is 11.0. The van der Waals surface area contributed by atoms with E-state index in [1.807, 2.05) is 9.80 Å². The van der Waals surface area contributed by atoms with Crippen LogP contribution >= 0.6 is 23.5 Å². The fourth-order valence-corrected chi connectivity index (χ4v) is 5.55. The van der Waals surface area contributed by atoms with Crippen molar-refractivity contribution in [1.29, 1.82) is 0 Å². The van der Waals surface area contributed by atoms with Crippen LogP contribution in [0.4, 0.5) is 0 Å². The van der Waals surface area contributed by atoms with Gasteiger partial charge in [0.25, 0.3) is 0 Å². The molecule has 0 saturated carbocycles. The maximum atomic E-state index is 12.6. The van der Waals surface area contributed by atoms with Crippen LogP contribution in [0.5, 0.6) is 0 Å². The van der Waals surface area contributed by atoms with E-state index < -0.39 is 0 Å². The van der Waals surface area contributed by atoms with Crippen molar-refractivity contribution >= 4 is 35.3 Å². The van der Waals surface area contributed by atoms with Crippen molar-refractivity contribution in [3.05, 3.63) is 0 Å². The lowest BCUT2D eigenvalue weighted by atomic mass is 10.1. The smallest absolute Gasteiger partial charge is 0.246 e. The molecule has 0 aliphatic carbocycles. The van der Waals surface area contributed by atoms with Crippen LogP contribution in [0.3, 0.4) is 0 Å². The van der Waals surface area contributed by atoms with Gasteiger partial charge in [-0.05, 0) is 6.92 Å². The van der Waals surface area contributed by atoms with Gasteiger partial charge in [0.1, 0.15) is 6.04 Å². The topological polar surface area (TPSA) is 49.9 Å². The first-order chi connectivity index (χ1) is 9.12. The molecule has 106 valence electrons. The number of carbonyl (C=O) groups excluding carboxylic acids is 2. The van der Waals surface area contributed by atoms with Crippen LogP contribution in [0.1, 0.15) is 6.92 Å². The number of nitrogens with zero attached hydrogens (tertiary/aromatic N) is 2. The molecule has 3 aliphatic heterocycles. The summed E-state index contributed by atoms with van der Waals surface area (Å²) in [6.07, 6.45) is 0. The number of amides is 2. The lowest BCUT2D eigenvalue weighted by Crippen LogP contribution is -2.59. The molecular weight excluding hydrogens is 284 g/mol. The Labute approximate surface area is 121 Å². The third-order valence-corrected chi connectivity index (χ3v) is 6.69. The number of morpholine rings is 1. The highest BCUT2D eigenvalue weighted by atomic mass is 32.2. The van der Waals surface area contributed by atoms with Gasteiger partial charge in [0.05, 0.1) is 23.8 Å². The first-order valence-electron chi connectivity index (χ1n) is 6.52. The summed E-state index contributed by atoms with van der Waals surface area (Å²) in [4.78, 5) is 28.3. The molecule has 0 aromatic heterocycles. The zero-order valence-corrected chi connectivity index (χ0v) is 12.6. The van der Waals surface area contributed by atoms with Crippen LogP contribution in [-0.4, -0.2) is 76.1 Å². The van der Waals surface area contributed by atoms with Gasteiger partial charge in [0.2, 0.25) is 11.8 Å². The van der Waals surface area contributed by atoms with Crippen LogP contribution in [0, 0.1) is 0 Å². The predicted molar refractivity (Wildman–Crippen MR) is 76.2 cm³/mol. The summed E-state index contributed by atoms with van der Waals surface area (Å²) >= 11 is 3.41. The van der Waals surface area contributed by atoms with Crippen molar-refractivity contribution in [2.24, 2.45) is 0 Å². The monoisotopic (exact) mass is 302 g/mol. The molecule has 0 unspecified atom stereocenters. The number of carbonyl (C=O) groups is 2. The molecule has 0 bridgehead atoms. The summed E-state index contributed by atoms with van der Waals surface area (Å²) in [6.45, 7) is 4.58. The van der Waals surface area contributed by atoms with Crippen LogP contribution in [0.25, 0.3) is 0 Å². The van der Waals surface area contributed by atoms with Crippen molar-refractivity contribution in [2.45, 2.75) is 17.8 Å². The van der Waals surface area contributed by atoms with Gasteiger partial charge in [-0.15, -0.1) is 23.5 Å². The third kappa shape index (κ3) is 2.36. The molecule has 5 nitrogen and oxygen atoms in total. The summed E-state index contributed by atoms with van der Waals surface area (Å²) < 4.78 is 5.28. The zero-order chi connectivity index (χ0) is 13.5. The quantitative estimate of drug-likeness (QED) is 0.695. The summed E-state index contributed by atoms with van der Waals surface area (Å²) in [7, 11) is 0. The Kier molecular flexibility index (Phi) is 3.70. The first-order valence-corrected chi connectivity index (χ1v) is 8.66. The second-order valence-corrected chi connectivity index (χ2v) is 7.68. The van der Waals surface area contributed by atoms with Gasteiger partial charge in [0, 0.05) is 24.6 Å². The minimum atomic E-state index is -0.276. The van der Waals surface area contributed by atoms with Crippen LogP contribution in [0.2, 0.25) is 0 Å². The van der Waals surface area contributed by atoms with E-state index in [-0.39, 0.29) is 22.7 Å². The maximum Gasteiger partial charge on any atom is 0.246 e. The second kappa shape index (κ2) is 5.18. The van der Waals surface area contributed by atoms with E-state index in [0.29, 0.717) is 32.1 Å². The molecule has 0 spiro atoms. The SMILES string of the molecule is C[C@]12CSCC(=O)N1[C@@H](C(=O)N1CCOCC1)CS2. The Hall–Kier alpha value is -0.400. The summed E-state index contributed by atoms with van der Waals surface area (Å²) in [5.74, 6) is 2.34. The Morgan fingerprint density at radius 2 is 2.16 bits per heavy atom. The van der Waals surface area contributed by atoms with E-state index >= 15 is 0 Å². The minimum Gasteiger partial charge on any atom is -0.378 e. The van der Waals surface area contributed by atoms with Gasteiger partial charge >= 0.3 is 0 Å². The number of rotatable bonds is 1. The van der Waals surface area contributed by atoms with E-state index in [2.05, 4.69) is 6.92 Å². The Morgan fingerprint density at radius 3 is 2.89 bits per heavy atom. The first kappa shape index (κ1) is 13.6. The van der Waals surface area contributed by atoms with Crippen LogP contribution in [0.15, 0.2) is 0 Å². The molecule has 0 N–H and O–H groups in total. The van der Waals surface area contributed by atoms with Gasteiger partial charge in [-0.3, -0.25) is 9.59 Å². The van der Waals surface area contributed by atoms with E-state index in [4.69, 9.17) is 4.74 Å². The fraction of sp³-hybridized carbons (Fsp3) is 0.833. The largest absolute Gasteiger partial charge is 0.378 e. The van der Waals surface area contributed by atoms with Crippen LogP contribution in [-0.2, 0) is 14.3 Å². The lowest BCUT2D eigenvalue weighted by Gasteiger charge is -2.41. The van der Waals surface area contributed by atoms with Crippen molar-refractivity contribution in [3.8, 4) is 0 Å². The Morgan fingerprint density at radius 1 is 1.42 bits per heavy atom. The number of hydrogen-bond acceptors (Lipinski definition) is 5. The predicted octanol–water partition coefficient (Wildman–Crippen LogP) is 0.252. The molecule has 3 heterocycles. The molecule has 3 aliphatic rings. The molecule has 0 aromatic carbocycles. The highest BCUT2D eigenvalue weighted by molar-refractivity contribution is 8.04. The van der Waals surface area contributed by atoms with Crippen molar-refractivity contribution in [1.82, 2.24) is 9.80 Å². The third-order valence-electron chi connectivity index (χ3n) is 3.85. The molecule has 2 atom stereocenters. The van der Waals surface area contributed by atoms with Crippen molar-refractivity contribution in [2.75, 3.05) is 43.6 Å². The van der Waals surface area contributed by atoms with Gasteiger partial charge < -0.3 is 14.5 Å². The molecule has 3 fully saturated rings. The summed E-state index contributed by atoms with van der Waals surface area (Å²) in [6, 6.07) is -0.276. The van der Waals surface area contributed by atoms with E-state index in [1.54, 1.807) is 23.5 Å². The number of thioether (sulfide) groups is 2. The van der Waals surface area contributed by atoms with Crippen LogP contribution < -0.4 is 0 Å².